The Hall–Kier alpha value is -0.410. The van der Waals surface area contributed by atoms with Gasteiger partial charge in [0, 0.05) is 32.2 Å². The van der Waals surface area contributed by atoms with Gasteiger partial charge in [0.1, 0.15) is 6.54 Å². The molecule has 1 unspecified atom stereocenters. The van der Waals surface area contributed by atoms with Gasteiger partial charge in [-0.25, -0.2) is 0 Å². The Morgan fingerprint density at radius 1 is 1.42 bits per heavy atom. The smallest absolute Gasteiger partial charge is 0.134 e. The second-order valence-electron chi connectivity index (χ2n) is 3.32. The van der Waals surface area contributed by atoms with Crippen molar-refractivity contribution in [2.75, 3.05) is 26.2 Å². The average molecular weight is 165 g/mol. The molecule has 12 heavy (non-hydrogen) atoms. The summed E-state index contributed by atoms with van der Waals surface area (Å²) in [7, 11) is 0. The average Bonchev–Trinajstić information content (AvgIpc) is 2.21. The lowest BCUT2D eigenvalue weighted by atomic mass is 10.1. The van der Waals surface area contributed by atoms with Gasteiger partial charge in [0.05, 0.1) is 0 Å². The second kappa shape index (κ2) is 4.01. The fraction of sp³-hybridized carbons (Fsp3) is 0.778. The van der Waals surface area contributed by atoms with E-state index in [-0.39, 0.29) is 0 Å². The number of nitrogens with zero attached hydrogens (tertiary/aromatic N) is 2. The van der Waals surface area contributed by atoms with Crippen LogP contribution in [0.2, 0.25) is 0 Å². The topological polar surface area (TPSA) is 27.6 Å². The van der Waals surface area contributed by atoms with Crippen LogP contribution in [0.5, 0.6) is 0 Å². The molecule has 1 atom stereocenters. The molecule has 66 valence electrons. The van der Waals surface area contributed by atoms with Crippen molar-refractivity contribution in [1.82, 2.24) is 10.2 Å². The van der Waals surface area contributed by atoms with E-state index < -0.39 is 0 Å². The SMILES string of the molecule is [C]1N=CCCC1N1CCNCC1. The van der Waals surface area contributed by atoms with Gasteiger partial charge in [-0.05, 0) is 19.1 Å². The molecule has 0 aromatic carbocycles. The molecule has 2 radical (unpaired) electrons. The molecule has 2 rings (SSSR count). The highest BCUT2D eigenvalue weighted by Crippen LogP contribution is 2.14. The van der Waals surface area contributed by atoms with E-state index in [2.05, 4.69) is 21.8 Å². The summed E-state index contributed by atoms with van der Waals surface area (Å²) in [5, 5.41) is 3.35. The normalized spacial score (nSPS) is 32.2. The minimum atomic E-state index is 0.483. The maximum atomic E-state index is 4.10. The Morgan fingerprint density at radius 3 is 2.92 bits per heavy atom. The molecule has 0 aromatic rings. The highest BCUT2D eigenvalue weighted by atomic mass is 15.2. The predicted molar refractivity (Wildman–Crippen MR) is 49.2 cm³/mol. The molecular formula is C9H15N3. The molecule has 0 saturated carbocycles. The van der Waals surface area contributed by atoms with Gasteiger partial charge in [-0.1, -0.05) is 0 Å². The molecule has 0 aliphatic carbocycles. The van der Waals surface area contributed by atoms with Gasteiger partial charge in [0.15, 0.2) is 0 Å². The van der Waals surface area contributed by atoms with E-state index in [9.17, 15) is 0 Å². The van der Waals surface area contributed by atoms with Gasteiger partial charge in [-0.15, -0.1) is 0 Å². The molecule has 1 saturated heterocycles. The summed E-state index contributed by atoms with van der Waals surface area (Å²) in [4.78, 5) is 6.56. The first-order valence-corrected chi connectivity index (χ1v) is 4.68. The van der Waals surface area contributed by atoms with Gasteiger partial charge < -0.3 is 5.32 Å². The Morgan fingerprint density at radius 2 is 2.25 bits per heavy atom. The monoisotopic (exact) mass is 165 g/mol. The van der Waals surface area contributed by atoms with E-state index in [4.69, 9.17) is 0 Å². The summed E-state index contributed by atoms with van der Waals surface area (Å²) in [6, 6.07) is 0.483. The quantitative estimate of drug-likeness (QED) is 0.599. The van der Waals surface area contributed by atoms with Crippen molar-refractivity contribution in [2.24, 2.45) is 4.99 Å². The maximum absolute atomic E-state index is 4.10. The number of hydrogen-bond donors (Lipinski definition) is 1. The van der Waals surface area contributed by atoms with Crippen LogP contribution in [0.4, 0.5) is 0 Å². The number of piperazine rings is 1. The van der Waals surface area contributed by atoms with Crippen LogP contribution in [-0.2, 0) is 0 Å². The zero-order valence-electron chi connectivity index (χ0n) is 7.29. The molecule has 2 heterocycles. The minimum absolute atomic E-state index is 0.483. The predicted octanol–water partition coefficient (Wildman–Crippen LogP) is 0.164. The lowest BCUT2D eigenvalue weighted by molar-refractivity contribution is 0.183. The van der Waals surface area contributed by atoms with Gasteiger partial charge >= 0.3 is 0 Å². The van der Waals surface area contributed by atoms with Crippen LogP contribution in [0.1, 0.15) is 12.8 Å². The van der Waals surface area contributed by atoms with Gasteiger partial charge in [-0.3, -0.25) is 9.89 Å². The number of aliphatic imine (C=N–C) groups is 1. The van der Waals surface area contributed by atoms with Crippen molar-refractivity contribution in [1.29, 1.82) is 0 Å². The zero-order chi connectivity index (χ0) is 8.23. The van der Waals surface area contributed by atoms with Gasteiger partial charge in [0.25, 0.3) is 0 Å². The first kappa shape index (κ1) is 8.20. The Balaban J connectivity index is 1.85. The third-order valence-electron chi connectivity index (χ3n) is 2.48. The summed E-state index contributed by atoms with van der Waals surface area (Å²) < 4.78 is 0. The molecule has 0 spiro atoms. The third kappa shape index (κ3) is 1.84. The highest BCUT2D eigenvalue weighted by molar-refractivity contribution is 5.59. The first-order chi connectivity index (χ1) is 5.97. The second-order valence-corrected chi connectivity index (χ2v) is 3.32. The van der Waals surface area contributed by atoms with Crippen molar-refractivity contribution < 1.29 is 0 Å². The van der Waals surface area contributed by atoms with Crippen molar-refractivity contribution in [3.05, 3.63) is 6.54 Å². The van der Waals surface area contributed by atoms with Crippen LogP contribution >= 0.6 is 0 Å². The Labute approximate surface area is 73.9 Å². The molecule has 0 bridgehead atoms. The molecule has 3 heteroatoms. The van der Waals surface area contributed by atoms with Crippen LogP contribution in [0.3, 0.4) is 0 Å². The van der Waals surface area contributed by atoms with Crippen LogP contribution in [0.25, 0.3) is 0 Å². The number of rotatable bonds is 1. The lowest BCUT2D eigenvalue weighted by Gasteiger charge is -2.34. The number of nitrogens with one attached hydrogen (secondary N) is 1. The largest absolute Gasteiger partial charge is 0.314 e. The van der Waals surface area contributed by atoms with Crippen LogP contribution in [0.15, 0.2) is 4.99 Å². The summed E-state index contributed by atoms with van der Waals surface area (Å²) in [5.41, 5.74) is 0. The van der Waals surface area contributed by atoms with E-state index >= 15 is 0 Å². The fourth-order valence-corrected chi connectivity index (χ4v) is 1.76. The van der Waals surface area contributed by atoms with Crippen molar-refractivity contribution >= 4 is 6.21 Å². The Bertz CT molecular complexity index is 161. The van der Waals surface area contributed by atoms with E-state index in [1.807, 2.05) is 6.21 Å². The van der Waals surface area contributed by atoms with Gasteiger partial charge in [-0.2, -0.15) is 0 Å². The van der Waals surface area contributed by atoms with Crippen molar-refractivity contribution in [3.63, 3.8) is 0 Å². The van der Waals surface area contributed by atoms with Gasteiger partial charge in [0.2, 0.25) is 0 Å². The summed E-state index contributed by atoms with van der Waals surface area (Å²) >= 11 is 0. The molecule has 3 nitrogen and oxygen atoms in total. The van der Waals surface area contributed by atoms with Crippen molar-refractivity contribution in [3.8, 4) is 0 Å². The maximum Gasteiger partial charge on any atom is 0.134 e. The standard InChI is InChI=1S/C9H15N3/c1-2-9(8-11-3-1)12-6-4-10-5-7-12/h3,9-10H,1-2,4-7H2. The molecule has 1 N–H and O–H groups in total. The highest BCUT2D eigenvalue weighted by Gasteiger charge is 2.21. The zero-order valence-corrected chi connectivity index (χ0v) is 7.29. The van der Waals surface area contributed by atoms with E-state index in [0.717, 1.165) is 32.6 Å². The molecule has 0 amide bonds. The molecular weight excluding hydrogens is 150 g/mol. The minimum Gasteiger partial charge on any atom is -0.314 e. The van der Waals surface area contributed by atoms with Crippen LogP contribution in [-0.4, -0.2) is 43.3 Å². The third-order valence-corrected chi connectivity index (χ3v) is 2.48. The summed E-state index contributed by atoms with van der Waals surface area (Å²) in [6.45, 7) is 7.67. The van der Waals surface area contributed by atoms with E-state index in [1.54, 1.807) is 0 Å². The molecule has 0 aromatic heterocycles. The van der Waals surface area contributed by atoms with E-state index in [1.165, 1.54) is 6.42 Å². The summed E-state index contributed by atoms with van der Waals surface area (Å²) in [5.74, 6) is 0. The lowest BCUT2D eigenvalue weighted by Crippen LogP contribution is -2.48. The molecule has 2 aliphatic heterocycles. The molecule has 2 aliphatic rings. The van der Waals surface area contributed by atoms with E-state index in [0.29, 0.717) is 6.04 Å². The van der Waals surface area contributed by atoms with Crippen molar-refractivity contribution in [2.45, 2.75) is 18.9 Å². The number of hydrogen-bond acceptors (Lipinski definition) is 3. The Kier molecular flexibility index (Phi) is 2.74. The van der Waals surface area contributed by atoms with Crippen LogP contribution in [0, 0.1) is 6.54 Å². The van der Waals surface area contributed by atoms with Crippen LogP contribution < -0.4 is 5.32 Å². The fourth-order valence-electron chi connectivity index (χ4n) is 1.76. The molecule has 1 fully saturated rings. The summed E-state index contributed by atoms with van der Waals surface area (Å²) in [6.07, 6.45) is 4.27. The first-order valence-electron chi connectivity index (χ1n) is 4.68.